The standard InChI is InChI=1S/C26H36N4O3S/c31-26(28-16-10-15-27-23-11-4-1-5-12-23)22-13-14-24(29-17-6-2-7-18-29)25(21-22)34(32,33)30-19-8-3-9-20-30/h1,4-5,11-14,21,27H,2-3,6-10,15-20H2,(H,28,31). The van der Waals surface area contributed by atoms with Gasteiger partial charge in [-0.15, -0.1) is 0 Å². The van der Waals surface area contributed by atoms with Crippen molar-refractivity contribution in [2.75, 3.05) is 49.5 Å². The van der Waals surface area contributed by atoms with Crippen molar-refractivity contribution in [2.45, 2.75) is 49.8 Å². The third-order valence-corrected chi connectivity index (χ3v) is 8.52. The van der Waals surface area contributed by atoms with E-state index in [0.29, 0.717) is 25.2 Å². The van der Waals surface area contributed by atoms with Gasteiger partial charge in [0.25, 0.3) is 5.91 Å². The fraction of sp³-hybridized carbons (Fsp3) is 0.500. The lowest BCUT2D eigenvalue weighted by Gasteiger charge is -2.33. The minimum atomic E-state index is -3.66. The Morgan fingerprint density at radius 3 is 2.21 bits per heavy atom. The molecule has 0 atom stereocenters. The second-order valence-corrected chi connectivity index (χ2v) is 11.0. The monoisotopic (exact) mass is 484 g/mol. The van der Waals surface area contributed by atoms with Crippen LogP contribution in [0.15, 0.2) is 53.4 Å². The van der Waals surface area contributed by atoms with Crippen LogP contribution in [0.1, 0.15) is 55.3 Å². The number of piperidine rings is 2. The topological polar surface area (TPSA) is 81.8 Å². The van der Waals surface area contributed by atoms with Crippen molar-refractivity contribution < 1.29 is 13.2 Å². The van der Waals surface area contributed by atoms with E-state index in [2.05, 4.69) is 15.5 Å². The van der Waals surface area contributed by atoms with Crippen LogP contribution in [0.5, 0.6) is 0 Å². The number of hydrogen-bond donors (Lipinski definition) is 2. The van der Waals surface area contributed by atoms with Crippen LogP contribution in [0, 0.1) is 0 Å². The van der Waals surface area contributed by atoms with E-state index in [9.17, 15) is 13.2 Å². The van der Waals surface area contributed by atoms with Gasteiger partial charge in [-0.2, -0.15) is 4.31 Å². The molecule has 0 unspecified atom stereocenters. The Labute approximate surface area is 203 Å². The minimum Gasteiger partial charge on any atom is -0.385 e. The van der Waals surface area contributed by atoms with Gasteiger partial charge in [-0.25, -0.2) is 8.42 Å². The summed E-state index contributed by atoms with van der Waals surface area (Å²) in [5.74, 6) is -0.236. The fourth-order valence-electron chi connectivity index (χ4n) is 4.68. The average Bonchev–Trinajstić information content (AvgIpc) is 2.89. The number of para-hydroxylation sites is 1. The first kappa shape index (κ1) is 24.5. The molecule has 2 N–H and O–H groups in total. The first-order valence-corrected chi connectivity index (χ1v) is 14.0. The molecule has 0 saturated carbocycles. The molecule has 0 spiro atoms. The lowest BCUT2D eigenvalue weighted by molar-refractivity contribution is 0.0953. The first-order valence-electron chi connectivity index (χ1n) is 12.5. The third-order valence-electron chi connectivity index (χ3n) is 6.59. The quantitative estimate of drug-likeness (QED) is 0.524. The van der Waals surface area contributed by atoms with E-state index < -0.39 is 10.0 Å². The first-order chi connectivity index (χ1) is 16.6. The van der Waals surface area contributed by atoms with Crippen molar-refractivity contribution in [1.82, 2.24) is 9.62 Å². The molecule has 0 aliphatic carbocycles. The largest absolute Gasteiger partial charge is 0.385 e. The molecule has 2 aliphatic heterocycles. The average molecular weight is 485 g/mol. The summed E-state index contributed by atoms with van der Waals surface area (Å²) in [6.45, 7) is 4.05. The van der Waals surface area contributed by atoms with Crippen molar-refractivity contribution in [1.29, 1.82) is 0 Å². The van der Waals surface area contributed by atoms with E-state index in [1.165, 1.54) is 6.42 Å². The molecule has 2 heterocycles. The summed E-state index contributed by atoms with van der Waals surface area (Å²) in [5.41, 5.74) is 2.18. The second-order valence-electron chi connectivity index (χ2n) is 9.10. The zero-order valence-electron chi connectivity index (χ0n) is 19.8. The summed E-state index contributed by atoms with van der Waals surface area (Å²) in [4.78, 5) is 15.3. The molecule has 8 heteroatoms. The van der Waals surface area contributed by atoms with Crippen molar-refractivity contribution in [3.05, 3.63) is 54.1 Å². The SMILES string of the molecule is O=C(NCCCNc1ccccc1)c1ccc(N2CCCCC2)c(S(=O)(=O)N2CCCCC2)c1. The molecule has 184 valence electrons. The van der Waals surface area contributed by atoms with Crippen molar-refractivity contribution in [2.24, 2.45) is 0 Å². The minimum absolute atomic E-state index is 0.236. The Kier molecular flexibility index (Phi) is 8.45. The third kappa shape index (κ3) is 6.10. The van der Waals surface area contributed by atoms with Gasteiger partial charge in [-0.1, -0.05) is 24.6 Å². The molecule has 2 aromatic rings. The molecule has 2 aromatic carbocycles. The number of rotatable bonds is 9. The summed E-state index contributed by atoms with van der Waals surface area (Å²) >= 11 is 0. The summed E-state index contributed by atoms with van der Waals surface area (Å²) in [6.07, 6.45) is 6.89. The molecule has 2 aliphatic rings. The summed E-state index contributed by atoms with van der Waals surface area (Å²) in [6, 6.07) is 15.1. The Bertz CT molecular complexity index is 1050. The molecular weight excluding hydrogens is 448 g/mol. The zero-order valence-corrected chi connectivity index (χ0v) is 20.7. The molecule has 2 fully saturated rings. The molecule has 2 saturated heterocycles. The van der Waals surface area contributed by atoms with Crippen LogP contribution in [0.2, 0.25) is 0 Å². The van der Waals surface area contributed by atoms with Gasteiger partial charge < -0.3 is 15.5 Å². The van der Waals surface area contributed by atoms with Gasteiger partial charge in [0.15, 0.2) is 0 Å². The Morgan fingerprint density at radius 2 is 1.50 bits per heavy atom. The van der Waals surface area contributed by atoms with Gasteiger partial charge in [0.05, 0.1) is 5.69 Å². The fourth-order valence-corrected chi connectivity index (χ4v) is 6.44. The summed E-state index contributed by atoms with van der Waals surface area (Å²) < 4.78 is 28.8. The number of nitrogens with one attached hydrogen (secondary N) is 2. The smallest absolute Gasteiger partial charge is 0.251 e. The maximum absolute atomic E-state index is 13.6. The molecule has 7 nitrogen and oxygen atoms in total. The van der Waals surface area contributed by atoms with Gasteiger partial charge in [0.1, 0.15) is 4.90 Å². The van der Waals surface area contributed by atoms with Crippen LogP contribution in [0.3, 0.4) is 0 Å². The number of carbonyl (C=O) groups is 1. The molecule has 0 aromatic heterocycles. The maximum atomic E-state index is 13.6. The Hall–Kier alpha value is -2.58. The maximum Gasteiger partial charge on any atom is 0.251 e. The molecule has 0 bridgehead atoms. The molecule has 0 radical (unpaired) electrons. The number of hydrogen-bond acceptors (Lipinski definition) is 5. The molecular formula is C26H36N4O3S. The highest BCUT2D eigenvalue weighted by Crippen LogP contribution is 2.32. The lowest BCUT2D eigenvalue weighted by Crippen LogP contribution is -2.38. The molecule has 4 rings (SSSR count). The van der Waals surface area contributed by atoms with Crippen molar-refractivity contribution in [3.8, 4) is 0 Å². The van der Waals surface area contributed by atoms with Crippen LogP contribution in [-0.2, 0) is 10.0 Å². The predicted octanol–water partition coefficient (Wildman–Crippen LogP) is 4.08. The van der Waals surface area contributed by atoms with Crippen LogP contribution in [0.25, 0.3) is 0 Å². The highest BCUT2D eigenvalue weighted by atomic mass is 32.2. The van der Waals surface area contributed by atoms with Gasteiger partial charge in [-0.3, -0.25) is 4.79 Å². The number of carbonyl (C=O) groups excluding carboxylic acids is 1. The van der Waals surface area contributed by atoms with E-state index in [4.69, 9.17) is 0 Å². The van der Waals surface area contributed by atoms with Crippen LogP contribution in [-0.4, -0.2) is 57.9 Å². The van der Waals surface area contributed by atoms with Gasteiger partial charge in [-0.05, 0) is 68.9 Å². The van der Waals surface area contributed by atoms with E-state index in [1.54, 1.807) is 16.4 Å². The zero-order chi connectivity index (χ0) is 23.8. The van der Waals surface area contributed by atoms with Crippen molar-refractivity contribution >= 4 is 27.3 Å². The van der Waals surface area contributed by atoms with E-state index in [0.717, 1.165) is 69.5 Å². The van der Waals surface area contributed by atoms with E-state index in [-0.39, 0.29) is 10.8 Å². The van der Waals surface area contributed by atoms with Gasteiger partial charge in [0, 0.05) is 50.5 Å². The van der Waals surface area contributed by atoms with Gasteiger partial charge in [0.2, 0.25) is 10.0 Å². The van der Waals surface area contributed by atoms with Gasteiger partial charge >= 0.3 is 0 Å². The normalized spacial score (nSPS) is 17.4. The van der Waals surface area contributed by atoms with Crippen LogP contribution in [0.4, 0.5) is 11.4 Å². The Morgan fingerprint density at radius 1 is 0.824 bits per heavy atom. The van der Waals surface area contributed by atoms with E-state index >= 15 is 0 Å². The number of amides is 1. The summed E-state index contributed by atoms with van der Waals surface area (Å²) in [7, 11) is -3.66. The van der Waals surface area contributed by atoms with Crippen LogP contribution < -0.4 is 15.5 Å². The number of anilines is 2. The number of sulfonamides is 1. The van der Waals surface area contributed by atoms with Crippen LogP contribution >= 0.6 is 0 Å². The second kappa shape index (κ2) is 11.7. The molecule has 1 amide bonds. The summed E-state index contributed by atoms with van der Waals surface area (Å²) in [5, 5.41) is 6.27. The number of benzene rings is 2. The van der Waals surface area contributed by atoms with Crippen molar-refractivity contribution in [3.63, 3.8) is 0 Å². The highest BCUT2D eigenvalue weighted by Gasteiger charge is 2.31. The highest BCUT2D eigenvalue weighted by molar-refractivity contribution is 7.89. The predicted molar refractivity (Wildman–Crippen MR) is 137 cm³/mol. The van der Waals surface area contributed by atoms with E-state index in [1.807, 2.05) is 36.4 Å². The lowest BCUT2D eigenvalue weighted by atomic mass is 10.1. The Balaban J connectivity index is 1.45. The number of nitrogens with zero attached hydrogens (tertiary/aromatic N) is 2. The molecule has 34 heavy (non-hydrogen) atoms.